The molecule has 2 heterocycles. The number of pyridine rings is 1. The Hall–Kier alpha value is -3.00. The van der Waals surface area contributed by atoms with Crippen LogP contribution in [0.2, 0.25) is 0 Å². The molecule has 0 saturated carbocycles. The first-order chi connectivity index (χ1) is 10.4. The summed E-state index contributed by atoms with van der Waals surface area (Å²) in [4.78, 5) is 7.42. The molecule has 2 N–H and O–H groups in total. The van der Waals surface area contributed by atoms with Gasteiger partial charge in [-0.05, 0) is 29.8 Å². The first kappa shape index (κ1) is 13.0. The molecule has 3 aromatic rings. The molecule has 5 nitrogen and oxygen atoms in total. The Kier molecular flexibility index (Phi) is 3.70. The molecule has 0 aliphatic heterocycles. The highest BCUT2D eigenvalue weighted by atomic mass is 16.5. The molecule has 1 aromatic carbocycles. The van der Waals surface area contributed by atoms with Crippen molar-refractivity contribution in [1.29, 1.82) is 5.26 Å². The van der Waals surface area contributed by atoms with Crippen LogP contribution in [0, 0.1) is 11.3 Å². The molecule has 0 spiro atoms. The van der Waals surface area contributed by atoms with E-state index < -0.39 is 0 Å². The number of fused-ring (bicyclic) bond motifs is 1. The van der Waals surface area contributed by atoms with Crippen molar-refractivity contribution in [3.63, 3.8) is 0 Å². The largest absolute Gasteiger partial charge is 0.479 e. The van der Waals surface area contributed by atoms with Crippen molar-refractivity contribution in [1.82, 2.24) is 9.97 Å². The number of hydrogen-bond donors (Lipinski definition) is 2. The molecule has 0 fully saturated rings. The van der Waals surface area contributed by atoms with Crippen LogP contribution < -0.4 is 10.1 Å². The Bertz CT molecular complexity index is 788. The summed E-state index contributed by atoms with van der Waals surface area (Å²) in [5.74, 6) is 0.683. The van der Waals surface area contributed by atoms with Crippen LogP contribution in [0.4, 0.5) is 5.69 Å². The number of nitriles is 1. The molecule has 0 bridgehead atoms. The van der Waals surface area contributed by atoms with Crippen molar-refractivity contribution < 1.29 is 4.74 Å². The Labute approximate surface area is 122 Å². The summed E-state index contributed by atoms with van der Waals surface area (Å²) in [5.41, 5.74) is 2.99. The molecule has 3 rings (SSSR count). The minimum absolute atomic E-state index is 0.0531. The molecular formula is C16H14N4O. The van der Waals surface area contributed by atoms with Gasteiger partial charge in [0.05, 0.1) is 0 Å². The van der Waals surface area contributed by atoms with Gasteiger partial charge in [-0.15, -0.1) is 0 Å². The number of anilines is 1. The zero-order chi connectivity index (χ0) is 14.5. The van der Waals surface area contributed by atoms with E-state index in [1.807, 2.05) is 48.7 Å². The molecule has 2 aromatic heterocycles. The van der Waals surface area contributed by atoms with Crippen LogP contribution in [-0.2, 0) is 6.54 Å². The third-order valence-corrected chi connectivity index (χ3v) is 3.16. The van der Waals surface area contributed by atoms with Gasteiger partial charge in [-0.3, -0.25) is 0 Å². The summed E-state index contributed by atoms with van der Waals surface area (Å²) in [6, 6.07) is 13.5. The number of hydrogen-bond acceptors (Lipinski definition) is 4. The highest BCUT2D eigenvalue weighted by Gasteiger charge is 2.04. The maximum absolute atomic E-state index is 8.53. The quantitative estimate of drug-likeness (QED) is 0.752. The lowest BCUT2D eigenvalue weighted by Gasteiger charge is -2.08. The maximum Gasteiger partial charge on any atom is 0.174 e. The molecule has 0 radical (unpaired) electrons. The van der Waals surface area contributed by atoms with Crippen molar-refractivity contribution in [2.45, 2.75) is 6.54 Å². The van der Waals surface area contributed by atoms with Crippen LogP contribution in [0.15, 0.2) is 48.8 Å². The van der Waals surface area contributed by atoms with E-state index in [1.54, 1.807) is 6.20 Å². The zero-order valence-electron chi connectivity index (χ0n) is 11.3. The third kappa shape index (κ3) is 2.95. The summed E-state index contributed by atoms with van der Waals surface area (Å²) in [7, 11) is 0. The average molecular weight is 278 g/mol. The van der Waals surface area contributed by atoms with Gasteiger partial charge >= 0.3 is 0 Å². The first-order valence-corrected chi connectivity index (χ1v) is 6.61. The van der Waals surface area contributed by atoms with E-state index in [4.69, 9.17) is 10.00 Å². The predicted molar refractivity (Wildman–Crippen MR) is 81.0 cm³/mol. The lowest BCUT2D eigenvalue weighted by molar-refractivity contribution is 0.368. The van der Waals surface area contributed by atoms with Gasteiger partial charge in [-0.25, -0.2) is 4.98 Å². The molecule has 0 amide bonds. The van der Waals surface area contributed by atoms with E-state index in [9.17, 15) is 0 Å². The van der Waals surface area contributed by atoms with Gasteiger partial charge in [-0.2, -0.15) is 5.26 Å². The minimum atomic E-state index is 0.0531. The van der Waals surface area contributed by atoms with Crippen molar-refractivity contribution in [3.05, 3.63) is 54.4 Å². The van der Waals surface area contributed by atoms with Gasteiger partial charge in [0.1, 0.15) is 17.5 Å². The van der Waals surface area contributed by atoms with Crippen LogP contribution >= 0.6 is 0 Å². The van der Waals surface area contributed by atoms with Gasteiger partial charge in [0.25, 0.3) is 0 Å². The Morgan fingerprint density at radius 1 is 1.29 bits per heavy atom. The Balaban J connectivity index is 1.71. The van der Waals surface area contributed by atoms with Crippen molar-refractivity contribution >= 4 is 16.7 Å². The fourth-order valence-corrected chi connectivity index (χ4v) is 2.17. The highest BCUT2D eigenvalue weighted by molar-refractivity contribution is 5.79. The maximum atomic E-state index is 8.53. The molecule has 5 heteroatoms. The normalized spacial score (nSPS) is 10.2. The second kappa shape index (κ2) is 5.97. The van der Waals surface area contributed by atoms with Gasteiger partial charge in [0, 0.05) is 36.1 Å². The van der Waals surface area contributed by atoms with Gasteiger partial charge < -0.3 is 15.0 Å². The summed E-state index contributed by atoms with van der Waals surface area (Å²) in [6.45, 7) is 0.741. The molecule has 0 atom stereocenters. The number of rotatable bonds is 5. The smallest absolute Gasteiger partial charge is 0.174 e. The fraction of sp³-hybridized carbons (Fsp3) is 0.125. The van der Waals surface area contributed by atoms with Gasteiger partial charge in [0.2, 0.25) is 0 Å². The molecule has 0 aliphatic carbocycles. The van der Waals surface area contributed by atoms with Crippen LogP contribution in [0.25, 0.3) is 11.0 Å². The average Bonchev–Trinajstić information content (AvgIpc) is 2.95. The van der Waals surface area contributed by atoms with Crippen LogP contribution in [0.5, 0.6) is 5.75 Å². The van der Waals surface area contributed by atoms with E-state index in [0.717, 1.165) is 22.3 Å². The second-order valence-corrected chi connectivity index (χ2v) is 4.54. The van der Waals surface area contributed by atoms with Crippen molar-refractivity contribution in [3.8, 4) is 11.8 Å². The van der Waals surface area contributed by atoms with E-state index in [-0.39, 0.29) is 6.61 Å². The molecule has 104 valence electrons. The second-order valence-electron chi connectivity index (χ2n) is 4.54. The van der Waals surface area contributed by atoms with E-state index >= 15 is 0 Å². The number of aromatic nitrogens is 2. The lowest BCUT2D eigenvalue weighted by Crippen LogP contribution is -1.99. The monoisotopic (exact) mass is 278 g/mol. The zero-order valence-corrected chi connectivity index (χ0v) is 11.3. The molecular weight excluding hydrogens is 264 g/mol. The number of nitrogens with one attached hydrogen (secondary N) is 2. The van der Waals surface area contributed by atoms with Gasteiger partial charge in [0.15, 0.2) is 6.61 Å². The molecule has 21 heavy (non-hydrogen) atoms. The van der Waals surface area contributed by atoms with Crippen molar-refractivity contribution in [2.75, 3.05) is 11.9 Å². The molecule has 0 saturated heterocycles. The SMILES string of the molecule is N#CCOc1cccc(NCc2c[nH]c3ncccc23)c1. The number of nitrogens with zero attached hydrogens (tertiary/aromatic N) is 2. The number of ether oxygens (including phenoxy) is 1. The number of benzene rings is 1. The standard InChI is InChI=1S/C16H14N4O/c17-6-8-21-14-4-1-3-13(9-14)19-10-12-11-20-16-15(12)5-2-7-18-16/h1-5,7,9,11,19H,8,10H2,(H,18,20). The fourth-order valence-electron chi connectivity index (χ4n) is 2.17. The third-order valence-electron chi connectivity index (χ3n) is 3.16. The Morgan fingerprint density at radius 2 is 2.24 bits per heavy atom. The van der Waals surface area contributed by atoms with E-state index in [1.165, 1.54) is 0 Å². The summed E-state index contributed by atoms with van der Waals surface area (Å²) in [5, 5.41) is 13.0. The van der Waals surface area contributed by atoms with Crippen LogP contribution in [-0.4, -0.2) is 16.6 Å². The lowest BCUT2D eigenvalue weighted by atomic mass is 10.2. The summed E-state index contributed by atoms with van der Waals surface area (Å²) in [6.07, 6.45) is 3.73. The first-order valence-electron chi connectivity index (χ1n) is 6.61. The van der Waals surface area contributed by atoms with Gasteiger partial charge in [-0.1, -0.05) is 6.07 Å². The van der Waals surface area contributed by atoms with E-state index in [2.05, 4.69) is 15.3 Å². The van der Waals surface area contributed by atoms with Crippen LogP contribution in [0.1, 0.15) is 5.56 Å². The number of H-pyrrole nitrogens is 1. The molecule has 0 aliphatic rings. The van der Waals surface area contributed by atoms with Crippen LogP contribution in [0.3, 0.4) is 0 Å². The summed E-state index contributed by atoms with van der Waals surface area (Å²) < 4.78 is 5.29. The molecule has 0 unspecified atom stereocenters. The van der Waals surface area contributed by atoms with E-state index in [0.29, 0.717) is 12.3 Å². The Morgan fingerprint density at radius 3 is 3.14 bits per heavy atom. The minimum Gasteiger partial charge on any atom is -0.479 e. The number of aromatic amines is 1. The highest BCUT2D eigenvalue weighted by Crippen LogP contribution is 2.20. The summed E-state index contributed by atoms with van der Waals surface area (Å²) >= 11 is 0. The predicted octanol–water partition coefficient (Wildman–Crippen LogP) is 3.08. The topological polar surface area (TPSA) is 73.7 Å². The van der Waals surface area contributed by atoms with Crippen molar-refractivity contribution in [2.24, 2.45) is 0 Å².